The topological polar surface area (TPSA) is 81.1 Å². The molecular formula is C17H22F3N5O. The highest BCUT2D eigenvalue weighted by Gasteiger charge is 2.34. The summed E-state index contributed by atoms with van der Waals surface area (Å²) in [5, 5.41) is 14.8. The number of likely N-dealkylation sites (tertiary alicyclic amines) is 1. The van der Waals surface area contributed by atoms with Gasteiger partial charge in [-0.2, -0.15) is 18.4 Å². The molecular weight excluding hydrogens is 347 g/mol. The highest BCUT2D eigenvalue weighted by molar-refractivity contribution is 5.79. The number of nitriles is 1. The number of aromatic nitrogens is 1. The number of carbonyl (C=O) groups excluding carboxylic acids is 1. The molecule has 1 fully saturated rings. The van der Waals surface area contributed by atoms with E-state index in [4.69, 9.17) is 5.26 Å². The largest absolute Gasteiger partial charge is 0.419 e. The molecule has 2 heterocycles. The molecule has 1 unspecified atom stereocenters. The molecule has 26 heavy (non-hydrogen) atoms. The summed E-state index contributed by atoms with van der Waals surface area (Å²) in [7, 11) is 0. The molecule has 0 spiro atoms. The zero-order valence-electron chi connectivity index (χ0n) is 14.7. The van der Waals surface area contributed by atoms with E-state index in [1.165, 1.54) is 17.2 Å². The second kappa shape index (κ2) is 7.91. The fraction of sp³-hybridized carbons (Fsp3) is 0.588. The van der Waals surface area contributed by atoms with E-state index in [1.807, 2.05) is 0 Å². The predicted molar refractivity (Wildman–Crippen MR) is 90.2 cm³/mol. The van der Waals surface area contributed by atoms with E-state index in [1.54, 1.807) is 13.8 Å². The van der Waals surface area contributed by atoms with Crippen LogP contribution in [0.3, 0.4) is 0 Å². The Morgan fingerprint density at radius 2 is 2.19 bits per heavy atom. The van der Waals surface area contributed by atoms with Gasteiger partial charge in [0.2, 0.25) is 5.91 Å². The van der Waals surface area contributed by atoms with Crippen molar-refractivity contribution < 1.29 is 18.0 Å². The maximum atomic E-state index is 13.0. The summed E-state index contributed by atoms with van der Waals surface area (Å²) < 4.78 is 39.0. The van der Waals surface area contributed by atoms with Gasteiger partial charge in [-0.1, -0.05) is 0 Å². The first-order valence-corrected chi connectivity index (χ1v) is 8.34. The normalized spacial score (nSPS) is 17.8. The summed E-state index contributed by atoms with van der Waals surface area (Å²) in [4.78, 5) is 17.5. The maximum absolute atomic E-state index is 13.0. The Hall–Kier alpha value is -2.34. The van der Waals surface area contributed by atoms with Gasteiger partial charge >= 0.3 is 6.18 Å². The smallest absolute Gasteiger partial charge is 0.368 e. The molecule has 1 aromatic heterocycles. The van der Waals surface area contributed by atoms with Crippen LogP contribution in [0, 0.1) is 11.3 Å². The number of hydrogen-bond acceptors (Lipinski definition) is 5. The van der Waals surface area contributed by atoms with E-state index in [0.717, 1.165) is 12.5 Å². The van der Waals surface area contributed by atoms with Gasteiger partial charge in [-0.15, -0.1) is 0 Å². The molecule has 6 nitrogen and oxygen atoms in total. The average molecular weight is 369 g/mol. The number of nitrogens with zero attached hydrogens (tertiary/aromatic N) is 3. The number of amides is 1. The maximum Gasteiger partial charge on any atom is 0.419 e. The van der Waals surface area contributed by atoms with E-state index in [9.17, 15) is 18.0 Å². The van der Waals surface area contributed by atoms with Crippen molar-refractivity contribution >= 4 is 11.7 Å². The van der Waals surface area contributed by atoms with Crippen molar-refractivity contribution in [3.05, 3.63) is 23.9 Å². The third kappa shape index (κ3) is 5.08. The highest BCUT2D eigenvalue weighted by Crippen LogP contribution is 2.33. The number of hydrogen-bond donors (Lipinski definition) is 2. The Bertz CT molecular complexity index is 684. The first-order valence-electron chi connectivity index (χ1n) is 8.34. The number of halogens is 3. The lowest BCUT2D eigenvalue weighted by atomic mass is 10.1. The average Bonchev–Trinajstić information content (AvgIpc) is 3.06. The van der Waals surface area contributed by atoms with Crippen molar-refractivity contribution in [3.8, 4) is 6.07 Å². The SMILES string of the molecule is CC(C)(CNc1ncccc1C(F)(F)F)NCC(=O)N1CCCC1C#N. The van der Waals surface area contributed by atoms with Crippen molar-refractivity contribution in [2.24, 2.45) is 0 Å². The molecule has 1 saturated heterocycles. The van der Waals surface area contributed by atoms with Crippen LogP contribution in [0.2, 0.25) is 0 Å². The third-order valence-corrected chi connectivity index (χ3v) is 4.25. The van der Waals surface area contributed by atoms with Crippen LogP contribution in [0.1, 0.15) is 32.3 Å². The molecule has 1 amide bonds. The van der Waals surface area contributed by atoms with Crippen LogP contribution in [-0.2, 0) is 11.0 Å². The number of anilines is 1. The van der Waals surface area contributed by atoms with Gasteiger partial charge in [0.05, 0.1) is 18.2 Å². The monoisotopic (exact) mass is 369 g/mol. The zero-order chi connectivity index (χ0) is 19.4. The van der Waals surface area contributed by atoms with Gasteiger partial charge in [-0.05, 0) is 38.8 Å². The summed E-state index contributed by atoms with van der Waals surface area (Å²) in [6.07, 6.45) is -1.73. The van der Waals surface area contributed by atoms with Crippen LogP contribution in [-0.4, -0.2) is 47.0 Å². The van der Waals surface area contributed by atoms with Crippen LogP contribution in [0.15, 0.2) is 18.3 Å². The Morgan fingerprint density at radius 1 is 1.46 bits per heavy atom. The summed E-state index contributed by atoms with van der Waals surface area (Å²) in [6.45, 7) is 4.26. The Morgan fingerprint density at radius 3 is 2.85 bits per heavy atom. The minimum atomic E-state index is -4.49. The number of nitrogens with one attached hydrogen (secondary N) is 2. The van der Waals surface area contributed by atoms with Crippen LogP contribution in [0.25, 0.3) is 0 Å². The summed E-state index contributed by atoms with van der Waals surface area (Å²) >= 11 is 0. The Kier molecular flexibility index (Phi) is 6.08. The van der Waals surface area contributed by atoms with Gasteiger partial charge in [0.25, 0.3) is 0 Å². The van der Waals surface area contributed by atoms with Crippen LogP contribution in [0.4, 0.5) is 19.0 Å². The van der Waals surface area contributed by atoms with Gasteiger partial charge in [-0.25, -0.2) is 4.98 Å². The first kappa shape index (κ1) is 20.0. The van der Waals surface area contributed by atoms with Crippen molar-refractivity contribution in [2.75, 3.05) is 25.0 Å². The van der Waals surface area contributed by atoms with E-state index < -0.39 is 23.3 Å². The summed E-state index contributed by atoms with van der Waals surface area (Å²) in [6, 6.07) is 3.92. The Balaban J connectivity index is 1.92. The van der Waals surface area contributed by atoms with E-state index in [2.05, 4.69) is 21.7 Å². The van der Waals surface area contributed by atoms with Crippen LogP contribution >= 0.6 is 0 Å². The van der Waals surface area contributed by atoms with Crippen molar-refractivity contribution in [2.45, 2.75) is 44.4 Å². The Labute approximate surface area is 150 Å². The van der Waals surface area contributed by atoms with Crippen molar-refractivity contribution in [1.82, 2.24) is 15.2 Å². The number of carbonyl (C=O) groups is 1. The summed E-state index contributed by atoms with van der Waals surface area (Å²) in [5.74, 6) is -0.429. The molecule has 1 atom stereocenters. The molecule has 2 rings (SSSR count). The van der Waals surface area contributed by atoms with Crippen LogP contribution < -0.4 is 10.6 Å². The standard InChI is InChI=1S/C17H22F3N5O/c1-16(2,24-10-14(26)25-8-4-5-12(25)9-21)11-23-15-13(17(18,19)20)6-3-7-22-15/h3,6-7,12,24H,4-5,8,10-11H2,1-2H3,(H,22,23). The van der Waals surface area contributed by atoms with Crippen LogP contribution in [0.5, 0.6) is 0 Å². The lowest BCUT2D eigenvalue weighted by Crippen LogP contribution is -2.50. The minimum Gasteiger partial charge on any atom is -0.368 e. The van der Waals surface area contributed by atoms with Gasteiger partial charge in [0, 0.05) is 24.8 Å². The van der Waals surface area contributed by atoms with Crippen molar-refractivity contribution in [3.63, 3.8) is 0 Å². The van der Waals surface area contributed by atoms with E-state index >= 15 is 0 Å². The highest BCUT2D eigenvalue weighted by atomic mass is 19.4. The molecule has 2 N–H and O–H groups in total. The second-order valence-corrected chi connectivity index (χ2v) is 6.86. The lowest BCUT2D eigenvalue weighted by Gasteiger charge is -2.29. The fourth-order valence-corrected chi connectivity index (χ4v) is 2.76. The molecule has 0 aliphatic carbocycles. The molecule has 9 heteroatoms. The second-order valence-electron chi connectivity index (χ2n) is 6.86. The van der Waals surface area contributed by atoms with Crippen molar-refractivity contribution in [1.29, 1.82) is 5.26 Å². The molecule has 1 aromatic rings. The molecule has 1 aliphatic heterocycles. The molecule has 0 aromatic carbocycles. The quantitative estimate of drug-likeness (QED) is 0.805. The van der Waals surface area contributed by atoms with Gasteiger partial charge in [-0.3, -0.25) is 4.79 Å². The van der Waals surface area contributed by atoms with Gasteiger partial charge < -0.3 is 15.5 Å². The van der Waals surface area contributed by atoms with Gasteiger partial charge in [0.15, 0.2) is 0 Å². The minimum absolute atomic E-state index is 0.0151. The van der Waals surface area contributed by atoms with Gasteiger partial charge in [0.1, 0.15) is 11.9 Å². The molecule has 0 radical (unpaired) electrons. The summed E-state index contributed by atoms with van der Waals surface area (Å²) in [5.41, 5.74) is -1.49. The predicted octanol–water partition coefficient (Wildman–Crippen LogP) is 2.40. The molecule has 0 saturated carbocycles. The van der Waals surface area contributed by atoms with E-state index in [0.29, 0.717) is 13.0 Å². The molecule has 0 bridgehead atoms. The van der Waals surface area contributed by atoms with E-state index in [-0.39, 0.29) is 24.8 Å². The zero-order valence-corrected chi connectivity index (χ0v) is 14.7. The number of rotatable bonds is 6. The molecule has 1 aliphatic rings. The lowest BCUT2D eigenvalue weighted by molar-refractivity contribution is -0.137. The first-order chi connectivity index (χ1) is 12.1. The number of alkyl halides is 3. The molecule has 142 valence electrons. The third-order valence-electron chi connectivity index (χ3n) is 4.25. The fourth-order valence-electron chi connectivity index (χ4n) is 2.76. The number of pyridine rings is 1.